The van der Waals surface area contributed by atoms with Crippen molar-refractivity contribution in [2.75, 3.05) is 18.0 Å². The summed E-state index contributed by atoms with van der Waals surface area (Å²) in [5.74, 6) is 0.770. The molecule has 0 aliphatic carbocycles. The van der Waals surface area contributed by atoms with Crippen LogP contribution in [0.4, 0.5) is 5.69 Å². The number of hydrogen-bond donors (Lipinski definition) is 0. The predicted octanol–water partition coefficient (Wildman–Crippen LogP) is 4.58. The smallest absolute Gasteiger partial charge is 0.266 e. The summed E-state index contributed by atoms with van der Waals surface area (Å²) in [5, 5.41) is 0.653. The summed E-state index contributed by atoms with van der Waals surface area (Å²) >= 11 is 0. The van der Waals surface area contributed by atoms with E-state index in [1.807, 2.05) is 65.2 Å². The Bertz CT molecular complexity index is 1210. The third-order valence-corrected chi connectivity index (χ3v) is 5.62. The summed E-state index contributed by atoms with van der Waals surface area (Å²) in [6, 6.07) is 26.1. The molecule has 0 bridgehead atoms. The van der Waals surface area contributed by atoms with E-state index in [1.54, 1.807) is 0 Å². The Morgan fingerprint density at radius 2 is 1.41 bits per heavy atom. The van der Waals surface area contributed by atoms with Crippen LogP contribution in [0.25, 0.3) is 16.6 Å². The van der Waals surface area contributed by atoms with Gasteiger partial charge in [-0.25, -0.2) is 4.98 Å². The van der Waals surface area contributed by atoms with E-state index in [4.69, 9.17) is 4.98 Å². The van der Waals surface area contributed by atoms with Crippen molar-refractivity contribution in [1.82, 2.24) is 9.55 Å². The standard InChI is InChI=1S/C25H23N3O/c29-25-20-12-4-5-13-21(20)26-24(18-19-10-2-1-3-11-19)28(25)23-15-7-6-14-22(23)27-16-8-9-17-27/h1-7,10-15H,8-9,16-18H2. The van der Waals surface area contributed by atoms with E-state index in [2.05, 4.69) is 23.1 Å². The van der Waals surface area contributed by atoms with Gasteiger partial charge in [0.15, 0.2) is 0 Å². The van der Waals surface area contributed by atoms with Crippen LogP contribution in [0.1, 0.15) is 24.2 Å². The van der Waals surface area contributed by atoms with Gasteiger partial charge >= 0.3 is 0 Å². The molecule has 4 nitrogen and oxygen atoms in total. The third kappa shape index (κ3) is 3.31. The fourth-order valence-corrected chi connectivity index (χ4v) is 4.20. The van der Waals surface area contributed by atoms with E-state index in [1.165, 1.54) is 12.8 Å². The predicted molar refractivity (Wildman–Crippen MR) is 118 cm³/mol. The summed E-state index contributed by atoms with van der Waals surface area (Å²) in [7, 11) is 0. The molecule has 0 spiro atoms. The second kappa shape index (κ2) is 7.55. The van der Waals surface area contributed by atoms with Crippen LogP contribution in [-0.2, 0) is 6.42 Å². The van der Waals surface area contributed by atoms with E-state index >= 15 is 0 Å². The lowest BCUT2D eigenvalue weighted by Crippen LogP contribution is -2.27. The Labute approximate surface area is 170 Å². The van der Waals surface area contributed by atoms with Crippen LogP contribution in [0.15, 0.2) is 83.7 Å². The molecule has 29 heavy (non-hydrogen) atoms. The first-order valence-electron chi connectivity index (χ1n) is 10.2. The van der Waals surface area contributed by atoms with Gasteiger partial charge in [0.2, 0.25) is 0 Å². The van der Waals surface area contributed by atoms with Gasteiger partial charge in [0.25, 0.3) is 5.56 Å². The maximum Gasteiger partial charge on any atom is 0.266 e. The Morgan fingerprint density at radius 3 is 2.21 bits per heavy atom. The summed E-state index contributed by atoms with van der Waals surface area (Å²) < 4.78 is 1.82. The zero-order valence-corrected chi connectivity index (χ0v) is 16.3. The molecular formula is C25H23N3O. The number of benzene rings is 3. The van der Waals surface area contributed by atoms with Crippen LogP contribution in [0.5, 0.6) is 0 Å². The van der Waals surface area contributed by atoms with Gasteiger partial charge in [-0.15, -0.1) is 0 Å². The fraction of sp³-hybridized carbons (Fsp3) is 0.200. The van der Waals surface area contributed by atoms with Crippen molar-refractivity contribution in [3.05, 3.63) is 101 Å². The average Bonchev–Trinajstić information content (AvgIpc) is 3.30. The lowest BCUT2D eigenvalue weighted by atomic mass is 10.1. The normalized spacial score (nSPS) is 13.9. The number of para-hydroxylation sites is 3. The number of hydrogen-bond acceptors (Lipinski definition) is 3. The quantitative estimate of drug-likeness (QED) is 0.519. The number of fused-ring (bicyclic) bond motifs is 1. The second-order valence-corrected chi connectivity index (χ2v) is 7.53. The minimum atomic E-state index is -0.00632. The molecule has 4 aromatic rings. The summed E-state index contributed by atoms with van der Waals surface area (Å²) in [6.45, 7) is 2.06. The van der Waals surface area contributed by atoms with Crippen molar-refractivity contribution < 1.29 is 0 Å². The molecule has 1 aliphatic rings. The van der Waals surface area contributed by atoms with Crippen LogP contribution in [0.3, 0.4) is 0 Å². The van der Waals surface area contributed by atoms with Gasteiger partial charge in [-0.3, -0.25) is 9.36 Å². The minimum Gasteiger partial charge on any atom is -0.370 e. The maximum atomic E-state index is 13.6. The molecule has 144 valence electrons. The highest BCUT2D eigenvalue weighted by atomic mass is 16.1. The molecular weight excluding hydrogens is 358 g/mol. The highest BCUT2D eigenvalue weighted by Crippen LogP contribution is 2.28. The SMILES string of the molecule is O=c1c2ccccc2nc(Cc2ccccc2)n1-c1ccccc1N1CCCC1. The fourth-order valence-electron chi connectivity index (χ4n) is 4.20. The van der Waals surface area contributed by atoms with Crippen molar-refractivity contribution in [3.8, 4) is 5.69 Å². The van der Waals surface area contributed by atoms with E-state index < -0.39 is 0 Å². The highest BCUT2D eigenvalue weighted by Gasteiger charge is 2.20. The summed E-state index contributed by atoms with van der Waals surface area (Å²) in [6.07, 6.45) is 2.99. The molecule has 1 fully saturated rings. The van der Waals surface area contributed by atoms with Crippen molar-refractivity contribution in [2.45, 2.75) is 19.3 Å². The van der Waals surface area contributed by atoms with Crippen molar-refractivity contribution in [2.24, 2.45) is 0 Å². The zero-order chi connectivity index (χ0) is 19.6. The van der Waals surface area contributed by atoms with Crippen LogP contribution >= 0.6 is 0 Å². The van der Waals surface area contributed by atoms with Crippen molar-refractivity contribution >= 4 is 16.6 Å². The molecule has 0 N–H and O–H groups in total. The molecule has 0 radical (unpaired) electrons. The van der Waals surface area contributed by atoms with Gasteiger partial charge in [-0.2, -0.15) is 0 Å². The Balaban J connectivity index is 1.75. The van der Waals surface area contributed by atoms with E-state index in [0.717, 1.165) is 41.4 Å². The number of rotatable bonds is 4. The lowest BCUT2D eigenvalue weighted by Gasteiger charge is -2.23. The molecule has 1 saturated heterocycles. The first kappa shape index (κ1) is 17.7. The number of anilines is 1. The average molecular weight is 381 g/mol. The molecule has 0 amide bonds. The van der Waals surface area contributed by atoms with Crippen LogP contribution in [-0.4, -0.2) is 22.6 Å². The maximum absolute atomic E-state index is 13.6. The van der Waals surface area contributed by atoms with Gasteiger partial charge in [0.05, 0.1) is 22.3 Å². The lowest BCUT2D eigenvalue weighted by molar-refractivity contribution is 0.840. The van der Waals surface area contributed by atoms with E-state index in [9.17, 15) is 4.79 Å². The topological polar surface area (TPSA) is 38.1 Å². The Kier molecular flexibility index (Phi) is 4.60. The molecule has 2 heterocycles. The number of aromatic nitrogens is 2. The highest BCUT2D eigenvalue weighted by molar-refractivity contribution is 5.78. The first-order chi connectivity index (χ1) is 14.3. The van der Waals surface area contributed by atoms with Crippen LogP contribution in [0, 0.1) is 0 Å². The Hall–Kier alpha value is -3.40. The number of nitrogens with zero attached hydrogens (tertiary/aromatic N) is 3. The molecule has 0 atom stereocenters. The summed E-state index contributed by atoms with van der Waals surface area (Å²) in [4.78, 5) is 20.9. The second-order valence-electron chi connectivity index (χ2n) is 7.53. The van der Waals surface area contributed by atoms with Crippen LogP contribution in [0.2, 0.25) is 0 Å². The van der Waals surface area contributed by atoms with Crippen LogP contribution < -0.4 is 10.5 Å². The van der Waals surface area contributed by atoms with Gasteiger partial charge in [-0.1, -0.05) is 54.6 Å². The molecule has 0 unspecified atom stereocenters. The van der Waals surface area contributed by atoms with Gasteiger partial charge < -0.3 is 4.90 Å². The van der Waals surface area contributed by atoms with Crippen molar-refractivity contribution in [3.63, 3.8) is 0 Å². The molecule has 3 aromatic carbocycles. The molecule has 0 saturated carbocycles. The van der Waals surface area contributed by atoms with Gasteiger partial charge in [0, 0.05) is 19.5 Å². The third-order valence-electron chi connectivity index (χ3n) is 5.62. The first-order valence-corrected chi connectivity index (χ1v) is 10.2. The molecule has 1 aromatic heterocycles. The molecule has 5 rings (SSSR count). The summed E-state index contributed by atoms with van der Waals surface area (Å²) in [5.41, 5.74) is 3.91. The van der Waals surface area contributed by atoms with Crippen molar-refractivity contribution in [1.29, 1.82) is 0 Å². The monoisotopic (exact) mass is 381 g/mol. The minimum absolute atomic E-state index is 0.00632. The van der Waals surface area contributed by atoms with Gasteiger partial charge in [0.1, 0.15) is 5.82 Å². The molecule has 1 aliphatic heterocycles. The van der Waals surface area contributed by atoms with E-state index in [0.29, 0.717) is 11.8 Å². The molecule has 4 heteroatoms. The zero-order valence-electron chi connectivity index (χ0n) is 16.3. The largest absolute Gasteiger partial charge is 0.370 e. The van der Waals surface area contributed by atoms with Gasteiger partial charge in [-0.05, 0) is 42.7 Å². The Morgan fingerprint density at radius 1 is 0.759 bits per heavy atom. The van der Waals surface area contributed by atoms with E-state index in [-0.39, 0.29) is 5.56 Å².